The molecule has 0 bridgehead atoms. The third-order valence-corrected chi connectivity index (χ3v) is 4.79. The number of benzene rings is 1. The van der Waals surface area contributed by atoms with Gasteiger partial charge in [0.15, 0.2) is 11.6 Å². The van der Waals surface area contributed by atoms with E-state index in [0.717, 1.165) is 42.7 Å². The summed E-state index contributed by atoms with van der Waals surface area (Å²) in [6, 6.07) is 2.34. The van der Waals surface area contributed by atoms with Crippen molar-refractivity contribution in [3.63, 3.8) is 0 Å². The van der Waals surface area contributed by atoms with Gasteiger partial charge in [-0.05, 0) is 37.5 Å². The zero-order valence-corrected chi connectivity index (χ0v) is 13.8. The number of carbonyl (C=O) groups is 3. The Hall–Kier alpha value is -2.51. The molecule has 0 spiro atoms. The van der Waals surface area contributed by atoms with Crippen LogP contribution in [-0.4, -0.2) is 35.3 Å². The number of amides is 4. The molecule has 1 aromatic rings. The molecule has 1 heterocycles. The molecule has 25 heavy (non-hydrogen) atoms. The van der Waals surface area contributed by atoms with E-state index in [1.54, 1.807) is 0 Å². The van der Waals surface area contributed by atoms with Crippen LogP contribution >= 0.6 is 0 Å². The molecular weight excluding hydrogens is 332 g/mol. The Labute approximate surface area is 143 Å². The summed E-state index contributed by atoms with van der Waals surface area (Å²) in [5, 5.41) is 5.27. The van der Waals surface area contributed by atoms with E-state index in [4.69, 9.17) is 0 Å². The van der Waals surface area contributed by atoms with Gasteiger partial charge in [-0.25, -0.2) is 13.6 Å². The fourth-order valence-corrected chi connectivity index (χ4v) is 3.33. The van der Waals surface area contributed by atoms with Crippen LogP contribution in [0, 0.1) is 11.6 Å². The quantitative estimate of drug-likeness (QED) is 0.812. The van der Waals surface area contributed by atoms with E-state index in [1.165, 1.54) is 13.0 Å². The molecule has 0 aromatic heterocycles. The molecule has 134 valence electrons. The summed E-state index contributed by atoms with van der Waals surface area (Å²) < 4.78 is 26.6. The standard InChI is InChI=1S/C17H19F2N3O3/c1-17(10-6-7-12(18)13(19)8-10)15(24)22(16(25)21-17)9-14(23)20-11-4-2-3-5-11/h6-8,11H,2-5,9H2,1H3,(H,20,23)(H,21,25)/t17-/m1/s1. The summed E-state index contributed by atoms with van der Waals surface area (Å²) in [5.74, 6) is -3.25. The van der Waals surface area contributed by atoms with E-state index >= 15 is 0 Å². The van der Waals surface area contributed by atoms with Gasteiger partial charge in [-0.3, -0.25) is 14.5 Å². The Balaban J connectivity index is 1.74. The molecule has 1 atom stereocenters. The molecule has 1 saturated carbocycles. The minimum Gasteiger partial charge on any atom is -0.352 e. The Morgan fingerprint density at radius 3 is 2.60 bits per heavy atom. The zero-order valence-electron chi connectivity index (χ0n) is 13.8. The first-order chi connectivity index (χ1) is 11.8. The minimum atomic E-state index is -1.54. The van der Waals surface area contributed by atoms with E-state index in [2.05, 4.69) is 10.6 Å². The lowest BCUT2D eigenvalue weighted by Crippen LogP contribution is -2.45. The average Bonchev–Trinajstić information content (AvgIpc) is 3.13. The van der Waals surface area contributed by atoms with Crippen LogP contribution in [0.5, 0.6) is 0 Å². The molecule has 0 radical (unpaired) electrons. The molecule has 0 unspecified atom stereocenters. The van der Waals surface area contributed by atoms with Crippen molar-refractivity contribution in [2.24, 2.45) is 0 Å². The summed E-state index contributed by atoms with van der Waals surface area (Å²) in [4.78, 5) is 37.7. The van der Waals surface area contributed by atoms with Crippen LogP contribution in [-0.2, 0) is 15.1 Å². The fourth-order valence-electron chi connectivity index (χ4n) is 3.33. The van der Waals surface area contributed by atoms with Crippen molar-refractivity contribution in [2.75, 3.05) is 6.54 Å². The van der Waals surface area contributed by atoms with Crippen LogP contribution in [0.3, 0.4) is 0 Å². The molecule has 1 saturated heterocycles. The van der Waals surface area contributed by atoms with E-state index in [-0.39, 0.29) is 11.6 Å². The van der Waals surface area contributed by atoms with Crippen LogP contribution in [0.4, 0.5) is 13.6 Å². The van der Waals surface area contributed by atoms with Crippen molar-refractivity contribution in [1.82, 2.24) is 15.5 Å². The monoisotopic (exact) mass is 351 g/mol. The molecule has 2 aliphatic rings. The number of carbonyl (C=O) groups excluding carboxylic acids is 3. The van der Waals surface area contributed by atoms with E-state index in [0.29, 0.717) is 0 Å². The highest BCUT2D eigenvalue weighted by Crippen LogP contribution is 2.29. The van der Waals surface area contributed by atoms with Crippen molar-refractivity contribution < 1.29 is 23.2 Å². The molecular formula is C17H19F2N3O3. The number of nitrogens with one attached hydrogen (secondary N) is 2. The molecule has 8 heteroatoms. The Morgan fingerprint density at radius 1 is 1.28 bits per heavy atom. The number of imide groups is 1. The first-order valence-corrected chi connectivity index (χ1v) is 8.20. The van der Waals surface area contributed by atoms with Gasteiger partial charge in [-0.2, -0.15) is 0 Å². The van der Waals surface area contributed by atoms with Gasteiger partial charge >= 0.3 is 6.03 Å². The number of hydrogen-bond acceptors (Lipinski definition) is 3. The highest BCUT2D eigenvalue weighted by atomic mass is 19.2. The number of rotatable bonds is 4. The molecule has 1 aliphatic heterocycles. The van der Waals surface area contributed by atoms with Crippen molar-refractivity contribution in [1.29, 1.82) is 0 Å². The summed E-state index contributed by atoms with van der Waals surface area (Å²) in [6.45, 7) is 0.995. The highest BCUT2D eigenvalue weighted by molar-refractivity contribution is 6.09. The second kappa shape index (κ2) is 6.42. The van der Waals surface area contributed by atoms with Gasteiger partial charge in [-0.15, -0.1) is 0 Å². The lowest BCUT2D eigenvalue weighted by molar-refractivity contribution is -0.135. The Kier molecular flexibility index (Phi) is 4.45. The number of urea groups is 1. The average molecular weight is 351 g/mol. The number of hydrogen-bond donors (Lipinski definition) is 2. The first kappa shape index (κ1) is 17.3. The van der Waals surface area contributed by atoms with Gasteiger partial charge in [0.2, 0.25) is 5.91 Å². The SMILES string of the molecule is C[C@]1(c2ccc(F)c(F)c2)NC(=O)N(CC(=O)NC2CCCC2)C1=O. The maximum atomic E-state index is 13.5. The Morgan fingerprint density at radius 2 is 1.96 bits per heavy atom. The summed E-state index contributed by atoms with van der Waals surface area (Å²) in [5.41, 5.74) is -1.43. The van der Waals surface area contributed by atoms with Crippen molar-refractivity contribution in [2.45, 2.75) is 44.2 Å². The van der Waals surface area contributed by atoms with Crippen LogP contribution in [0.1, 0.15) is 38.2 Å². The van der Waals surface area contributed by atoms with E-state index in [1.807, 2.05) is 0 Å². The maximum Gasteiger partial charge on any atom is 0.325 e. The van der Waals surface area contributed by atoms with E-state index in [9.17, 15) is 23.2 Å². The second-order valence-electron chi connectivity index (χ2n) is 6.62. The molecule has 1 aliphatic carbocycles. The van der Waals surface area contributed by atoms with Crippen molar-refractivity contribution in [3.8, 4) is 0 Å². The van der Waals surface area contributed by atoms with Crippen LogP contribution < -0.4 is 10.6 Å². The summed E-state index contributed by atoms with van der Waals surface area (Å²) in [7, 11) is 0. The third kappa shape index (κ3) is 3.20. The third-order valence-electron chi connectivity index (χ3n) is 4.79. The lowest BCUT2D eigenvalue weighted by atomic mass is 9.92. The Bertz CT molecular complexity index is 734. The van der Waals surface area contributed by atoms with Crippen LogP contribution in [0.2, 0.25) is 0 Å². The molecule has 4 amide bonds. The van der Waals surface area contributed by atoms with Crippen LogP contribution in [0.15, 0.2) is 18.2 Å². The van der Waals surface area contributed by atoms with Crippen molar-refractivity contribution in [3.05, 3.63) is 35.4 Å². The summed E-state index contributed by atoms with van der Waals surface area (Å²) in [6.07, 6.45) is 3.86. The molecule has 2 N–H and O–H groups in total. The van der Waals surface area contributed by atoms with Crippen LogP contribution in [0.25, 0.3) is 0 Å². The first-order valence-electron chi connectivity index (χ1n) is 8.20. The minimum absolute atomic E-state index is 0.0749. The zero-order chi connectivity index (χ0) is 18.2. The maximum absolute atomic E-state index is 13.5. The van der Waals surface area contributed by atoms with Gasteiger partial charge < -0.3 is 10.6 Å². The van der Waals surface area contributed by atoms with Gasteiger partial charge in [0.25, 0.3) is 5.91 Å². The van der Waals surface area contributed by atoms with Gasteiger partial charge in [0, 0.05) is 6.04 Å². The van der Waals surface area contributed by atoms with E-state index < -0.39 is 41.6 Å². The fraction of sp³-hybridized carbons (Fsp3) is 0.471. The van der Waals surface area contributed by atoms with Gasteiger partial charge in [0.05, 0.1) is 0 Å². The largest absolute Gasteiger partial charge is 0.352 e. The molecule has 1 aromatic carbocycles. The van der Waals surface area contributed by atoms with Gasteiger partial charge in [-0.1, -0.05) is 18.9 Å². The lowest BCUT2D eigenvalue weighted by Gasteiger charge is -2.22. The predicted octanol–water partition coefficient (Wildman–Crippen LogP) is 1.79. The molecule has 2 fully saturated rings. The second-order valence-corrected chi connectivity index (χ2v) is 6.62. The normalized spacial score (nSPS) is 23.9. The molecule has 6 nitrogen and oxygen atoms in total. The number of nitrogens with zero attached hydrogens (tertiary/aromatic N) is 1. The predicted molar refractivity (Wildman–Crippen MR) is 84.4 cm³/mol. The van der Waals surface area contributed by atoms with Crippen molar-refractivity contribution >= 4 is 17.8 Å². The highest BCUT2D eigenvalue weighted by Gasteiger charge is 2.49. The van der Waals surface area contributed by atoms with Gasteiger partial charge in [0.1, 0.15) is 12.1 Å². The topological polar surface area (TPSA) is 78.5 Å². The summed E-state index contributed by atoms with van der Waals surface area (Å²) >= 11 is 0. The number of halogens is 2. The smallest absolute Gasteiger partial charge is 0.325 e. The molecule has 3 rings (SSSR count).